The van der Waals surface area contributed by atoms with Gasteiger partial charge in [-0.2, -0.15) is 5.10 Å². The lowest BCUT2D eigenvalue weighted by Crippen LogP contribution is -2.04. The number of hydrogen-bond donors (Lipinski definition) is 2. The molecule has 0 radical (unpaired) electrons. The third kappa shape index (κ3) is 4.46. The second-order valence-electron chi connectivity index (χ2n) is 5.96. The third-order valence-electron chi connectivity index (χ3n) is 4.13. The first kappa shape index (κ1) is 18.5. The molecule has 0 fully saturated rings. The van der Waals surface area contributed by atoms with Crippen LogP contribution >= 0.6 is 0 Å². The number of aromatic nitrogens is 4. The van der Waals surface area contributed by atoms with Crippen LogP contribution in [0.15, 0.2) is 36.8 Å². The summed E-state index contributed by atoms with van der Waals surface area (Å²) in [6.07, 6.45) is 4.44. The maximum atomic E-state index is 5.41. The van der Waals surface area contributed by atoms with Gasteiger partial charge in [-0.3, -0.25) is 4.68 Å². The van der Waals surface area contributed by atoms with E-state index in [9.17, 15) is 0 Å². The van der Waals surface area contributed by atoms with Crippen molar-refractivity contribution in [3.63, 3.8) is 0 Å². The number of rotatable bonds is 8. The minimum Gasteiger partial charge on any atom is -0.497 e. The molecule has 3 rings (SSSR count). The Balaban J connectivity index is 1.72. The topological polar surface area (TPSA) is 86.1 Å². The second-order valence-corrected chi connectivity index (χ2v) is 5.96. The zero-order valence-electron chi connectivity index (χ0n) is 16.0. The van der Waals surface area contributed by atoms with Gasteiger partial charge in [0.25, 0.3) is 0 Å². The number of ether oxygens (including phenoxy) is 2. The van der Waals surface area contributed by atoms with Crippen LogP contribution in [0.3, 0.4) is 0 Å². The van der Waals surface area contributed by atoms with Gasteiger partial charge in [-0.05, 0) is 18.6 Å². The third-order valence-corrected chi connectivity index (χ3v) is 4.13. The number of anilines is 3. The molecular weight excluding hydrogens is 344 g/mol. The van der Waals surface area contributed by atoms with Crippen molar-refractivity contribution >= 4 is 17.3 Å². The van der Waals surface area contributed by atoms with Crippen molar-refractivity contribution < 1.29 is 9.47 Å². The Morgan fingerprint density at radius 1 is 1.07 bits per heavy atom. The number of hydrogen-bond acceptors (Lipinski definition) is 7. The number of nitrogens with one attached hydrogen (secondary N) is 2. The van der Waals surface area contributed by atoms with Crippen LogP contribution in [0.1, 0.15) is 18.2 Å². The van der Waals surface area contributed by atoms with Crippen LogP contribution in [-0.2, 0) is 20.0 Å². The monoisotopic (exact) mass is 368 g/mol. The summed E-state index contributed by atoms with van der Waals surface area (Å²) in [6, 6.07) is 7.42. The van der Waals surface area contributed by atoms with E-state index < -0.39 is 0 Å². The molecule has 0 spiro atoms. The molecule has 0 atom stereocenters. The van der Waals surface area contributed by atoms with Crippen LogP contribution in [0.25, 0.3) is 0 Å². The molecule has 1 aromatic carbocycles. The van der Waals surface area contributed by atoms with E-state index in [1.54, 1.807) is 14.2 Å². The van der Waals surface area contributed by atoms with Crippen molar-refractivity contribution in [3.8, 4) is 11.5 Å². The van der Waals surface area contributed by atoms with Gasteiger partial charge in [0, 0.05) is 37.5 Å². The Labute approximate surface area is 158 Å². The summed E-state index contributed by atoms with van der Waals surface area (Å²) in [7, 11) is 5.17. The van der Waals surface area contributed by atoms with E-state index >= 15 is 0 Å². The van der Waals surface area contributed by atoms with E-state index in [-0.39, 0.29) is 0 Å². The van der Waals surface area contributed by atoms with Crippen molar-refractivity contribution in [3.05, 3.63) is 48.0 Å². The second kappa shape index (κ2) is 8.39. The molecule has 0 amide bonds. The Morgan fingerprint density at radius 3 is 2.63 bits per heavy atom. The number of benzene rings is 1. The summed E-state index contributed by atoms with van der Waals surface area (Å²) in [6.45, 7) is 2.75. The van der Waals surface area contributed by atoms with Crippen molar-refractivity contribution in [1.29, 1.82) is 0 Å². The number of methoxy groups -OCH3 is 2. The van der Waals surface area contributed by atoms with Gasteiger partial charge >= 0.3 is 0 Å². The first-order valence-electron chi connectivity index (χ1n) is 8.69. The molecule has 3 aromatic rings. The van der Waals surface area contributed by atoms with Gasteiger partial charge in [-0.25, -0.2) is 9.97 Å². The van der Waals surface area contributed by atoms with E-state index in [4.69, 9.17) is 9.47 Å². The van der Waals surface area contributed by atoms with E-state index in [2.05, 4.69) is 32.6 Å². The van der Waals surface area contributed by atoms with Gasteiger partial charge in [0.1, 0.15) is 29.5 Å². The zero-order chi connectivity index (χ0) is 19.2. The van der Waals surface area contributed by atoms with Gasteiger partial charge < -0.3 is 20.1 Å². The Kier molecular flexibility index (Phi) is 5.75. The highest BCUT2D eigenvalue weighted by molar-refractivity contribution is 5.66. The van der Waals surface area contributed by atoms with Gasteiger partial charge in [0.05, 0.1) is 25.6 Å². The molecule has 0 aliphatic carbocycles. The SMILES string of the molecule is CCc1nn(C)cc1CNc1cc(Nc2ccc(OC)cc2OC)ncn1. The van der Waals surface area contributed by atoms with Crippen LogP contribution < -0.4 is 20.1 Å². The molecule has 8 nitrogen and oxygen atoms in total. The summed E-state index contributed by atoms with van der Waals surface area (Å²) in [4.78, 5) is 8.57. The first-order valence-corrected chi connectivity index (χ1v) is 8.69. The average Bonchev–Trinajstić information content (AvgIpc) is 3.06. The lowest BCUT2D eigenvalue weighted by molar-refractivity contribution is 0.395. The molecule has 2 N–H and O–H groups in total. The smallest absolute Gasteiger partial charge is 0.146 e. The molecule has 0 saturated carbocycles. The molecule has 2 heterocycles. The molecule has 0 aliphatic heterocycles. The summed E-state index contributed by atoms with van der Waals surface area (Å²) < 4.78 is 12.5. The molecule has 0 saturated heterocycles. The minimum atomic E-state index is 0.652. The number of nitrogens with zero attached hydrogens (tertiary/aromatic N) is 4. The Bertz CT molecular complexity index is 909. The first-order chi connectivity index (χ1) is 13.1. The molecule has 142 valence electrons. The lowest BCUT2D eigenvalue weighted by Gasteiger charge is -2.12. The summed E-state index contributed by atoms with van der Waals surface area (Å²) >= 11 is 0. The molecule has 27 heavy (non-hydrogen) atoms. The fraction of sp³-hybridized carbons (Fsp3) is 0.316. The van der Waals surface area contributed by atoms with Gasteiger partial charge in [-0.15, -0.1) is 0 Å². The molecule has 0 unspecified atom stereocenters. The largest absolute Gasteiger partial charge is 0.497 e. The van der Waals surface area contributed by atoms with Crippen LogP contribution in [0.2, 0.25) is 0 Å². The average molecular weight is 368 g/mol. The predicted molar refractivity (Wildman–Crippen MR) is 105 cm³/mol. The highest BCUT2D eigenvalue weighted by atomic mass is 16.5. The highest BCUT2D eigenvalue weighted by Gasteiger charge is 2.08. The maximum absolute atomic E-state index is 5.41. The van der Waals surface area contributed by atoms with Crippen molar-refractivity contribution in [2.75, 3.05) is 24.9 Å². The van der Waals surface area contributed by atoms with Gasteiger partial charge in [0.15, 0.2) is 0 Å². The summed E-state index contributed by atoms with van der Waals surface area (Å²) in [5.41, 5.74) is 3.04. The normalized spacial score (nSPS) is 10.5. The van der Waals surface area contributed by atoms with Crippen LogP contribution in [0.4, 0.5) is 17.3 Å². The van der Waals surface area contributed by atoms with Gasteiger partial charge in [0.2, 0.25) is 0 Å². The molecule has 2 aromatic heterocycles. The highest BCUT2D eigenvalue weighted by Crippen LogP contribution is 2.31. The van der Waals surface area contributed by atoms with Crippen LogP contribution in [0.5, 0.6) is 11.5 Å². The molecule has 8 heteroatoms. The summed E-state index contributed by atoms with van der Waals surface area (Å²) in [5, 5.41) is 11.0. The fourth-order valence-electron chi connectivity index (χ4n) is 2.78. The van der Waals surface area contributed by atoms with Crippen molar-refractivity contribution in [1.82, 2.24) is 19.7 Å². The lowest BCUT2D eigenvalue weighted by atomic mass is 10.2. The Morgan fingerprint density at radius 2 is 1.89 bits per heavy atom. The van der Waals surface area contributed by atoms with Gasteiger partial charge in [-0.1, -0.05) is 6.92 Å². The quantitative estimate of drug-likeness (QED) is 0.632. The van der Waals surface area contributed by atoms with Crippen molar-refractivity contribution in [2.24, 2.45) is 7.05 Å². The number of aryl methyl sites for hydroxylation is 2. The van der Waals surface area contributed by atoms with Crippen molar-refractivity contribution in [2.45, 2.75) is 19.9 Å². The molecular formula is C19H24N6O2. The van der Waals surface area contributed by atoms with Crippen LogP contribution in [-0.4, -0.2) is 34.0 Å². The van der Waals surface area contributed by atoms with Crippen LogP contribution in [0, 0.1) is 0 Å². The fourth-order valence-corrected chi connectivity index (χ4v) is 2.78. The van der Waals surface area contributed by atoms with E-state index in [1.807, 2.05) is 42.2 Å². The Hall–Kier alpha value is -3.29. The maximum Gasteiger partial charge on any atom is 0.146 e. The summed E-state index contributed by atoms with van der Waals surface area (Å²) in [5.74, 6) is 2.79. The molecule has 0 bridgehead atoms. The minimum absolute atomic E-state index is 0.652. The standard InChI is InChI=1S/C19H24N6O2/c1-5-15-13(11-25(2)24-15)10-20-18-9-19(22-12-21-18)23-16-7-6-14(26-3)8-17(16)27-4/h6-9,11-12H,5,10H2,1-4H3,(H2,20,21,22,23). The molecule has 0 aliphatic rings. The predicted octanol–water partition coefficient (Wildman–Crippen LogP) is 3.15. The zero-order valence-corrected chi connectivity index (χ0v) is 16.0. The van der Waals surface area contributed by atoms with E-state index in [1.165, 1.54) is 6.33 Å². The van der Waals surface area contributed by atoms with E-state index in [0.29, 0.717) is 18.1 Å². The van der Waals surface area contributed by atoms with E-state index in [0.717, 1.165) is 34.9 Å².